The number of piperazine rings is 1. The Morgan fingerprint density at radius 3 is 2.16 bits per heavy atom. The van der Waals surface area contributed by atoms with Crippen LogP contribution in [0.15, 0.2) is 0 Å². The molecule has 1 aliphatic rings. The Hall–Kier alpha value is -0.0800. The van der Waals surface area contributed by atoms with Crippen molar-refractivity contribution in [3.05, 3.63) is 0 Å². The fourth-order valence-electron chi connectivity index (χ4n) is 3.80. The monoisotopic (exact) mass is 268 g/mol. The average molecular weight is 268 g/mol. The molecule has 0 bridgehead atoms. The van der Waals surface area contributed by atoms with E-state index >= 15 is 0 Å². The van der Waals surface area contributed by atoms with Crippen molar-refractivity contribution in [3.63, 3.8) is 0 Å². The molecule has 0 aliphatic carbocycles. The van der Waals surface area contributed by atoms with E-state index in [4.69, 9.17) is 0 Å². The Bertz CT molecular complexity index is 275. The molecule has 1 N–H and O–H groups in total. The van der Waals surface area contributed by atoms with Gasteiger partial charge in [-0.3, -0.25) is 4.90 Å². The van der Waals surface area contributed by atoms with Gasteiger partial charge in [0.1, 0.15) is 0 Å². The second kappa shape index (κ2) is 6.13. The first-order chi connectivity index (χ1) is 8.57. The first kappa shape index (κ1) is 17.0. The Balaban J connectivity index is 2.88. The van der Waals surface area contributed by atoms with E-state index in [0.29, 0.717) is 23.4 Å². The molecule has 1 fully saturated rings. The van der Waals surface area contributed by atoms with E-state index in [-0.39, 0.29) is 5.54 Å². The predicted octanol–water partition coefficient (Wildman–Crippen LogP) is 3.91. The largest absolute Gasteiger partial charge is 0.311 e. The summed E-state index contributed by atoms with van der Waals surface area (Å²) < 4.78 is 0. The average Bonchev–Trinajstić information content (AvgIpc) is 2.24. The third-order valence-electron chi connectivity index (χ3n) is 4.44. The SMILES string of the molecule is CCC1CN(C(C)(C)CC(C)(C)C)C(C(C)C)CN1. The van der Waals surface area contributed by atoms with Crippen molar-refractivity contribution in [2.75, 3.05) is 13.1 Å². The molecule has 2 unspecified atom stereocenters. The fourth-order valence-corrected chi connectivity index (χ4v) is 3.80. The molecule has 19 heavy (non-hydrogen) atoms. The maximum absolute atomic E-state index is 3.72. The van der Waals surface area contributed by atoms with Gasteiger partial charge in [0.2, 0.25) is 0 Å². The molecule has 1 rings (SSSR count). The Morgan fingerprint density at radius 2 is 1.74 bits per heavy atom. The van der Waals surface area contributed by atoms with Crippen molar-refractivity contribution in [1.29, 1.82) is 0 Å². The van der Waals surface area contributed by atoms with Crippen molar-refractivity contribution >= 4 is 0 Å². The summed E-state index contributed by atoms with van der Waals surface area (Å²) in [5.74, 6) is 0.713. The van der Waals surface area contributed by atoms with E-state index < -0.39 is 0 Å². The van der Waals surface area contributed by atoms with Crippen LogP contribution in [-0.4, -0.2) is 35.6 Å². The number of hydrogen-bond donors (Lipinski definition) is 1. The summed E-state index contributed by atoms with van der Waals surface area (Å²) in [7, 11) is 0. The van der Waals surface area contributed by atoms with Crippen molar-refractivity contribution in [2.45, 2.75) is 85.9 Å². The zero-order valence-corrected chi connectivity index (χ0v) is 14.5. The van der Waals surface area contributed by atoms with Crippen molar-refractivity contribution in [3.8, 4) is 0 Å². The van der Waals surface area contributed by atoms with Gasteiger partial charge in [-0.05, 0) is 38.0 Å². The summed E-state index contributed by atoms with van der Waals surface area (Å²) >= 11 is 0. The normalized spacial score (nSPS) is 27.0. The quantitative estimate of drug-likeness (QED) is 0.831. The number of rotatable bonds is 4. The first-order valence-electron chi connectivity index (χ1n) is 8.07. The first-order valence-corrected chi connectivity index (χ1v) is 8.07. The molecule has 2 atom stereocenters. The minimum atomic E-state index is 0.280. The molecular weight excluding hydrogens is 232 g/mol. The zero-order valence-electron chi connectivity index (χ0n) is 14.5. The van der Waals surface area contributed by atoms with Crippen LogP contribution in [0.2, 0.25) is 0 Å². The van der Waals surface area contributed by atoms with Crippen LogP contribution in [0.25, 0.3) is 0 Å². The van der Waals surface area contributed by atoms with Gasteiger partial charge in [0, 0.05) is 30.7 Å². The van der Waals surface area contributed by atoms with Crippen LogP contribution in [0.5, 0.6) is 0 Å². The third kappa shape index (κ3) is 4.75. The second-order valence-electron chi connectivity index (χ2n) is 8.53. The van der Waals surface area contributed by atoms with Crippen LogP contribution in [0.1, 0.15) is 68.2 Å². The molecule has 0 aromatic rings. The minimum absolute atomic E-state index is 0.280. The Kier molecular flexibility index (Phi) is 5.48. The predicted molar refractivity (Wildman–Crippen MR) is 85.6 cm³/mol. The van der Waals surface area contributed by atoms with E-state index in [9.17, 15) is 0 Å². The standard InChI is InChI=1S/C17H36N2/c1-9-14-11-19(15(10-18-14)13(2)3)17(7,8)12-16(4,5)6/h13-15,18H,9-12H2,1-8H3. The minimum Gasteiger partial charge on any atom is -0.311 e. The number of hydrogen-bond acceptors (Lipinski definition) is 2. The molecule has 114 valence electrons. The van der Waals surface area contributed by atoms with Crippen LogP contribution in [0.4, 0.5) is 0 Å². The Labute approximate surface area is 121 Å². The van der Waals surface area contributed by atoms with Crippen LogP contribution >= 0.6 is 0 Å². The topological polar surface area (TPSA) is 15.3 Å². The lowest BCUT2D eigenvalue weighted by molar-refractivity contribution is -0.0108. The van der Waals surface area contributed by atoms with E-state index in [1.807, 2.05) is 0 Å². The van der Waals surface area contributed by atoms with E-state index in [1.165, 1.54) is 19.4 Å². The molecule has 0 spiro atoms. The molecule has 0 saturated carbocycles. The maximum Gasteiger partial charge on any atom is 0.0249 e. The molecule has 0 amide bonds. The van der Waals surface area contributed by atoms with Gasteiger partial charge >= 0.3 is 0 Å². The van der Waals surface area contributed by atoms with Gasteiger partial charge in [-0.1, -0.05) is 41.5 Å². The van der Waals surface area contributed by atoms with Crippen LogP contribution in [0, 0.1) is 11.3 Å². The van der Waals surface area contributed by atoms with Crippen LogP contribution in [-0.2, 0) is 0 Å². The highest BCUT2D eigenvalue weighted by Gasteiger charge is 2.39. The van der Waals surface area contributed by atoms with Gasteiger partial charge < -0.3 is 5.32 Å². The molecule has 1 heterocycles. The van der Waals surface area contributed by atoms with E-state index in [2.05, 4.69) is 65.6 Å². The highest BCUT2D eigenvalue weighted by Crippen LogP contribution is 2.34. The summed E-state index contributed by atoms with van der Waals surface area (Å²) in [6.07, 6.45) is 2.48. The molecule has 0 aromatic carbocycles. The van der Waals surface area contributed by atoms with Gasteiger partial charge in [0.05, 0.1) is 0 Å². The smallest absolute Gasteiger partial charge is 0.0249 e. The van der Waals surface area contributed by atoms with Gasteiger partial charge in [-0.15, -0.1) is 0 Å². The fraction of sp³-hybridized carbons (Fsp3) is 1.00. The van der Waals surface area contributed by atoms with Crippen LogP contribution in [0.3, 0.4) is 0 Å². The summed E-state index contributed by atoms with van der Waals surface area (Å²) in [5.41, 5.74) is 0.667. The third-order valence-corrected chi connectivity index (χ3v) is 4.44. The number of nitrogens with one attached hydrogen (secondary N) is 1. The highest BCUT2D eigenvalue weighted by molar-refractivity contribution is 4.96. The second-order valence-corrected chi connectivity index (χ2v) is 8.53. The highest BCUT2D eigenvalue weighted by atomic mass is 15.3. The molecule has 2 heteroatoms. The zero-order chi connectivity index (χ0) is 14.8. The lowest BCUT2D eigenvalue weighted by Crippen LogP contribution is -2.64. The molecule has 1 saturated heterocycles. The van der Waals surface area contributed by atoms with Gasteiger partial charge in [0.15, 0.2) is 0 Å². The molecule has 2 nitrogen and oxygen atoms in total. The number of nitrogens with zero attached hydrogens (tertiary/aromatic N) is 1. The summed E-state index contributed by atoms with van der Waals surface area (Å²) in [4.78, 5) is 2.79. The van der Waals surface area contributed by atoms with Crippen molar-refractivity contribution in [2.24, 2.45) is 11.3 Å². The lowest BCUT2D eigenvalue weighted by Gasteiger charge is -2.52. The molecule has 1 aliphatic heterocycles. The van der Waals surface area contributed by atoms with Crippen molar-refractivity contribution in [1.82, 2.24) is 10.2 Å². The van der Waals surface area contributed by atoms with Gasteiger partial charge in [0.25, 0.3) is 0 Å². The summed E-state index contributed by atoms with van der Waals surface area (Å²) in [5, 5.41) is 3.72. The maximum atomic E-state index is 3.72. The lowest BCUT2D eigenvalue weighted by atomic mass is 9.78. The molecular formula is C17H36N2. The molecule has 0 aromatic heterocycles. The summed E-state index contributed by atoms with van der Waals surface area (Å²) in [6, 6.07) is 1.33. The van der Waals surface area contributed by atoms with Gasteiger partial charge in [-0.25, -0.2) is 0 Å². The molecule has 0 radical (unpaired) electrons. The van der Waals surface area contributed by atoms with Gasteiger partial charge in [-0.2, -0.15) is 0 Å². The van der Waals surface area contributed by atoms with E-state index in [1.54, 1.807) is 0 Å². The van der Waals surface area contributed by atoms with Crippen molar-refractivity contribution < 1.29 is 0 Å². The summed E-state index contributed by atoms with van der Waals surface area (Å²) in [6.45, 7) is 21.3. The Morgan fingerprint density at radius 1 is 1.16 bits per heavy atom. The van der Waals surface area contributed by atoms with Crippen LogP contribution < -0.4 is 5.32 Å². The van der Waals surface area contributed by atoms with E-state index in [0.717, 1.165) is 6.54 Å².